The fourth-order valence-electron chi connectivity index (χ4n) is 3.77. The molecule has 4 amide bonds. The summed E-state index contributed by atoms with van der Waals surface area (Å²) in [6.07, 6.45) is 0. The summed E-state index contributed by atoms with van der Waals surface area (Å²) >= 11 is 1.58. The highest BCUT2D eigenvalue weighted by Gasteiger charge is 2.33. The van der Waals surface area contributed by atoms with E-state index < -0.39 is 0 Å². The van der Waals surface area contributed by atoms with Gasteiger partial charge in [-0.3, -0.25) is 19.4 Å². The molecular formula is C21H20N6O4S. The number of piperazine rings is 1. The van der Waals surface area contributed by atoms with Crippen molar-refractivity contribution >= 4 is 34.9 Å². The topological polar surface area (TPSA) is 112 Å². The zero-order chi connectivity index (χ0) is 22.2. The standard InChI is InChI=1S/C21H20N6O4S/c1-25-19(28)15-3-2-14(10-16(15)20(25)29)22-21(30)27-7-5-26(6-8-27)11-17-23-18(24-31-17)13-4-9-32-12-13/h2-4,9-10,12H,5-8,11H2,1H3,(H,22,30). The van der Waals surface area contributed by atoms with Crippen molar-refractivity contribution in [3.05, 3.63) is 52.0 Å². The molecule has 1 saturated heterocycles. The second-order valence-electron chi connectivity index (χ2n) is 7.65. The van der Waals surface area contributed by atoms with Crippen molar-refractivity contribution in [1.82, 2.24) is 24.8 Å². The lowest BCUT2D eigenvalue weighted by Crippen LogP contribution is -2.49. The summed E-state index contributed by atoms with van der Waals surface area (Å²) in [7, 11) is 1.44. The summed E-state index contributed by atoms with van der Waals surface area (Å²) in [6, 6.07) is 6.46. The van der Waals surface area contributed by atoms with Crippen molar-refractivity contribution in [3.8, 4) is 11.4 Å². The summed E-state index contributed by atoms with van der Waals surface area (Å²) in [5.41, 5.74) is 2.09. The van der Waals surface area contributed by atoms with Gasteiger partial charge >= 0.3 is 6.03 Å². The monoisotopic (exact) mass is 452 g/mol. The molecule has 0 spiro atoms. The molecule has 0 unspecified atom stereocenters. The van der Waals surface area contributed by atoms with Crippen molar-refractivity contribution < 1.29 is 18.9 Å². The number of fused-ring (bicyclic) bond motifs is 1. The van der Waals surface area contributed by atoms with Crippen LogP contribution in [0.5, 0.6) is 0 Å². The van der Waals surface area contributed by atoms with Gasteiger partial charge in [0.1, 0.15) is 0 Å². The number of amides is 4. The minimum atomic E-state index is -0.363. The van der Waals surface area contributed by atoms with Gasteiger partial charge in [0.15, 0.2) is 0 Å². The highest BCUT2D eigenvalue weighted by atomic mass is 32.1. The van der Waals surface area contributed by atoms with Crippen LogP contribution in [0.15, 0.2) is 39.5 Å². The zero-order valence-electron chi connectivity index (χ0n) is 17.3. The third-order valence-electron chi connectivity index (χ3n) is 5.61. The van der Waals surface area contributed by atoms with Gasteiger partial charge in [-0.25, -0.2) is 4.79 Å². The summed E-state index contributed by atoms with van der Waals surface area (Å²) < 4.78 is 5.36. The molecule has 0 aliphatic carbocycles. The SMILES string of the molecule is CN1C(=O)c2ccc(NC(=O)N3CCN(Cc4nc(-c5ccsc5)no4)CC3)cc2C1=O. The van der Waals surface area contributed by atoms with Crippen LogP contribution in [0.4, 0.5) is 10.5 Å². The molecule has 1 N–H and O–H groups in total. The number of carbonyl (C=O) groups is 3. The van der Waals surface area contributed by atoms with Gasteiger partial charge in [0, 0.05) is 49.9 Å². The lowest BCUT2D eigenvalue weighted by atomic mass is 10.1. The lowest BCUT2D eigenvalue weighted by Gasteiger charge is -2.33. The first-order valence-electron chi connectivity index (χ1n) is 10.1. The number of carbonyl (C=O) groups excluding carboxylic acids is 3. The van der Waals surface area contributed by atoms with E-state index in [1.165, 1.54) is 7.05 Å². The van der Waals surface area contributed by atoms with E-state index in [1.807, 2.05) is 16.8 Å². The van der Waals surface area contributed by atoms with E-state index >= 15 is 0 Å². The lowest BCUT2D eigenvalue weighted by molar-refractivity contribution is 0.0693. The molecule has 0 radical (unpaired) electrons. The normalized spacial score (nSPS) is 16.5. The average molecular weight is 452 g/mol. The summed E-state index contributed by atoms with van der Waals surface area (Å²) in [4.78, 5) is 46.2. The minimum absolute atomic E-state index is 0.243. The smallest absolute Gasteiger partial charge is 0.321 e. The first kappa shape index (κ1) is 20.3. The number of hydrogen-bond acceptors (Lipinski definition) is 8. The predicted molar refractivity (Wildman–Crippen MR) is 116 cm³/mol. The second-order valence-corrected chi connectivity index (χ2v) is 8.43. The zero-order valence-corrected chi connectivity index (χ0v) is 18.1. The molecule has 0 saturated carbocycles. The summed E-state index contributed by atoms with van der Waals surface area (Å²) in [5, 5.41) is 10.8. The van der Waals surface area contributed by atoms with Gasteiger partial charge in [0.05, 0.1) is 17.7 Å². The number of urea groups is 1. The van der Waals surface area contributed by atoms with E-state index in [0.717, 1.165) is 10.5 Å². The highest BCUT2D eigenvalue weighted by molar-refractivity contribution is 7.08. The number of benzene rings is 1. The molecule has 2 aliphatic rings. The maximum atomic E-state index is 12.7. The van der Waals surface area contributed by atoms with Gasteiger partial charge in [-0.05, 0) is 29.6 Å². The van der Waals surface area contributed by atoms with Gasteiger partial charge in [-0.2, -0.15) is 16.3 Å². The van der Waals surface area contributed by atoms with E-state index in [4.69, 9.17) is 4.52 Å². The molecule has 0 bridgehead atoms. The Morgan fingerprint density at radius 2 is 1.91 bits per heavy atom. The predicted octanol–water partition coefficient (Wildman–Crippen LogP) is 2.37. The van der Waals surface area contributed by atoms with Crippen LogP contribution in [0, 0.1) is 0 Å². The molecule has 1 fully saturated rings. The maximum absolute atomic E-state index is 12.7. The van der Waals surface area contributed by atoms with Crippen LogP contribution < -0.4 is 5.32 Å². The minimum Gasteiger partial charge on any atom is -0.338 e. The Morgan fingerprint density at radius 3 is 2.66 bits per heavy atom. The average Bonchev–Trinajstić information content (AvgIpc) is 3.53. The molecule has 11 heteroatoms. The van der Waals surface area contributed by atoms with Gasteiger partial charge in [0.2, 0.25) is 11.7 Å². The number of nitrogens with one attached hydrogen (secondary N) is 1. The van der Waals surface area contributed by atoms with Crippen LogP contribution >= 0.6 is 11.3 Å². The second kappa shape index (κ2) is 8.17. The van der Waals surface area contributed by atoms with Crippen LogP contribution in [0.25, 0.3) is 11.4 Å². The van der Waals surface area contributed by atoms with Crippen molar-refractivity contribution in [3.63, 3.8) is 0 Å². The van der Waals surface area contributed by atoms with Crippen LogP contribution in [0.2, 0.25) is 0 Å². The molecule has 0 atom stereocenters. The number of hydrogen-bond donors (Lipinski definition) is 1. The van der Waals surface area contributed by atoms with Crippen molar-refractivity contribution in [2.45, 2.75) is 6.54 Å². The highest BCUT2D eigenvalue weighted by Crippen LogP contribution is 2.25. The van der Waals surface area contributed by atoms with Crippen LogP contribution in [0.1, 0.15) is 26.6 Å². The van der Waals surface area contributed by atoms with Crippen molar-refractivity contribution in [2.75, 3.05) is 38.5 Å². The van der Waals surface area contributed by atoms with Crippen molar-refractivity contribution in [2.24, 2.45) is 0 Å². The maximum Gasteiger partial charge on any atom is 0.321 e. The summed E-state index contributed by atoms with van der Waals surface area (Å²) in [5.74, 6) is 0.437. The Hall–Kier alpha value is -3.57. The molecule has 32 heavy (non-hydrogen) atoms. The largest absolute Gasteiger partial charge is 0.338 e. The number of aromatic nitrogens is 2. The number of thiophene rings is 1. The molecule has 2 aliphatic heterocycles. The summed E-state index contributed by atoms with van der Waals surface area (Å²) in [6.45, 7) is 2.96. The Balaban J connectivity index is 1.15. The molecule has 4 heterocycles. The van der Waals surface area contributed by atoms with Crippen molar-refractivity contribution in [1.29, 1.82) is 0 Å². The molecule has 3 aromatic rings. The molecule has 2 aromatic heterocycles. The molecular weight excluding hydrogens is 432 g/mol. The van der Waals surface area contributed by atoms with Gasteiger partial charge < -0.3 is 14.7 Å². The third-order valence-corrected chi connectivity index (χ3v) is 6.29. The van der Waals surface area contributed by atoms with Gasteiger partial charge in [-0.15, -0.1) is 0 Å². The Morgan fingerprint density at radius 1 is 1.12 bits per heavy atom. The Kier molecular flexibility index (Phi) is 5.19. The van der Waals surface area contributed by atoms with E-state index in [-0.39, 0.29) is 17.8 Å². The van der Waals surface area contributed by atoms with Crippen LogP contribution in [0.3, 0.4) is 0 Å². The first-order chi connectivity index (χ1) is 15.5. The number of nitrogens with zero attached hydrogens (tertiary/aromatic N) is 5. The fourth-order valence-corrected chi connectivity index (χ4v) is 4.40. The molecule has 1 aromatic carbocycles. The third kappa shape index (κ3) is 3.76. The number of rotatable bonds is 4. The van der Waals surface area contributed by atoms with Crippen LogP contribution in [-0.2, 0) is 6.54 Å². The first-order valence-corrected chi connectivity index (χ1v) is 11.0. The van der Waals surface area contributed by atoms with E-state index in [0.29, 0.717) is 61.3 Å². The van der Waals surface area contributed by atoms with E-state index in [1.54, 1.807) is 34.4 Å². The number of anilines is 1. The van der Waals surface area contributed by atoms with Gasteiger partial charge in [-0.1, -0.05) is 5.16 Å². The molecule has 10 nitrogen and oxygen atoms in total. The van der Waals surface area contributed by atoms with E-state index in [2.05, 4.69) is 20.4 Å². The Labute approximate surface area is 187 Å². The van der Waals surface area contributed by atoms with Gasteiger partial charge in [0.25, 0.3) is 11.8 Å². The molecule has 5 rings (SSSR count). The molecule has 164 valence electrons. The van der Waals surface area contributed by atoms with Crippen LogP contribution in [-0.4, -0.2) is 75.9 Å². The number of imide groups is 1. The van der Waals surface area contributed by atoms with E-state index in [9.17, 15) is 14.4 Å². The quantitative estimate of drug-likeness (QED) is 0.605. The fraction of sp³-hybridized carbons (Fsp3) is 0.286. The Bertz CT molecular complexity index is 1180.